The van der Waals surface area contributed by atoms with Gasteiger partial charge in [-0.1, -0.05) is 60.7 Å². The number of hydrogen-bond donors (Lipinski definition) is 1. The van der Waals surface area contributed by atoms with Gasteiger partial charge in [0.2, 0.25) is 5.91 Å². The van der Waals surface area contributed by atoms with E-state index in [4.69, 9.17) is 4.74 Å². The largest absolute Gasteiger partial charge is 0.489 e. The minimum absolute atomic E-state index is 0.141. The van der Waals surface area contributed by atoms with Gasteiger partial charge in [-0.25, -0.2) is 4.79 Å². The van der Waals surface area contributed by atoms with E-state index < -0.39 is 11.6 Å². The standard InChI is InChI=1S/C29H29N3O4/c1-29(23-14-15-23)27(34)32(28(35)30-29)19-26(33)31(24-10-6-3-7-11-24)18-21-12-16-25(17-13-21)36-20-22-8-4-2-5-9-22/h2-13,16-17,23H,14-15,18-20H2,1H3,(H,30,35). The Morgan fingerprint density at radius 2 is 1.58 bits per heavy atom. The van der Waals surface area contributed by atoms with Crippen molar-refractivity contribution < 1.29 is 19.1 Å². The second-order valence-corrected chi connectivity index (χ2v) is 9.53. The van der Waals surface area contributed by atoms with Crippen molar-refractivity contribution >= 4 is 23.5 Å². The van der Waals surface area contributed by atoms with Gasteiger partial charge in [0, 0.05) is 5.69 Å². The molecule has 5 rings (SSSR count). The molecule has 0 spiro atoms. The minimum atomic E-state index is -0.912. The van der Waals surface area contributed by atoms with E-state index in [9.17, 15) is 14.4 Å². The predicted octanol–water partition coefficient (Wildman–Crippen LogP) is 4.52. The molecule has 0 radical (unpaired) electrons. The number of benzene rings is 3. The Bertz CT molecular complexity index is 1240. The first kappa shape index (κ1) is 23.6. The Morgan fingerprint density at radius 3 is 2.22 bits per heavy atom. The zero-order valence-electron chi connectivity index (χ0n) is 20.2. The van der Waals surface area contributed by atoms with Crippen LogP contribution >= 0.6 is 0 Å². The second kappa shape index (κ2) is 9.85. The summed E-state index contributed by atoms with van der Waals surface area (Å²) in [5.41, 5.74) is 1.77. The number of para-hydroxylation sites is 1. The molecule has 1 atom stereocenters. The molecule has 2 fully saturated rings. The third-order valence-corrected chi connectivity index (χ3v) is 6.87. The van der Waals surface area contributed by atoms with E-state index in [-0.39, 0.29) is 24.3 Å². The normalized spacial score (nSPS) is 19.2. The maximum atomic E-state index is 13.4. The number of carbonyl (C=O) groups is 3. The van der Waals surface area contributed by atoms with Crippen molar-refractivity contribution in [3.8, 4) is 5.75 Å². The summed E-state index contributed by atoms with van der Waals surface area (Å²) < 4.78 is 5.87. The molecule has 7 heteroatoms. The molecule has 1 aliphatic carbocycles. The van der Waals surface area contributed by atoms with Crippen molar-refractivity contribution in [2.45, 2.75) is 38.5 Å². The van der Waals surface area contributed by atoms with Gasteiger partial charge in [-0.15, -0.1) is 0 Å². The summed E-state index contributed by atoms with van der Waals surface area (Å²) in [6, 6.07) is 26.3. The first-order valence-corrected chi connectivity index (χ1v) is 12.2. The first-order valence-electron chi connectivity index (χ1n) is 12.2. The van der Waals surface area contributed by atoms with Crippen LogP contribution in [0.15, 0.2) is 84.9 Å². The lowest BCUT2D eigenvalue weighted by Crippen LogP contribution is -2.47. The SMILES string of the molecule is CC1(C2CC2)NC(=O)N(CC(=O)N(Cc2ccc(OCc3ccccc3)cc2)c2ccccc2)C1=O. The van der Waals surface area contributed by atoms with E-state index in [1.807, 2.05) is 84.9 Å². The van der Waals surface area contributed by atoms with E-state index in [1.54, 1.807) is 11.8 Å². The Balaban J connectivity index is 1.28. The molecule has 0 bridgehead atoms. The molecule has 1 N–H and O–H groups in total. The van der Waals surface area contributed by atoms with Gasteiger partial charge in [0.1, 0.15) is 24.4 Å². The van der Waals surface area contributed by atoms with Crippen LogP contribution in [0.1, 0.15) is 30.9 Å². The highest BCUT2D eigenvalue weighted by Crippen LogP contribution is 2.42. The first-order chi connectivity index (χ1) is 17.4. The van der Waals surface area contributed by atoms with Gasteiger partial charge in [-0.05, 0) is 61.1 Å². The Labute approximate surface area is 210 Å². The zero-order valence-corrected chi connectivity index (χ0v) is 20.2. The minimum Gasteiger partial charge on any atom is -0.489 e. The molecule has 0 aromatic heterocycles. The topological polar surface area (TPSA) is 79.0 Å². The fourth-order valence-corrected chi connectivity index (χ4v) is 4.56. The van der Waals surface area contributed by atoms with Crippen molar-refractivity contribution in [3.05, 3.63) is 96.1 Å². The number of amides is 4. The third-order valence-electron chi connectivity index (χ3n) is 6.87. The second-order valence-electron chi connectivity index (χ2n) is 9.53. The average Bonchev–Trinajstić information content (AvgIpc) is 3.74. The zero-order chi connectivity index (χ0) is 25.1. The van der Waals surface area contributed by atoms with Crippen LogP contribution < -0.4 is 15.0 Å². The van der Waals surface area contributed by atoms with E-state index in [1.165, 1.54) is 0 Å². The Hall–Kier alpha value is -4.13. The van der Waals surface area contributed by atoms with Crippen LogP contribution in [0, 0.1) is 5.92 Å². The smallest absolute Gasteiger partial charge is 0.325 e. The maximum Gasteiger partial charge on any atom is 0.325 e. The molecular formula is C29H29N3O4. The van der Waals surface area contributed by atoms with Crippen LogP contribution in [0.5, 0.6) is 5.75 Å². The van der Waals surface area contributed by atoms with Gasteiger partial charge in [0.15, 0.2) is 0 Å². The highest BCUT2D eigenvalue weighted by Gasteiger charge is 2.56. The summed E-state index contributed by atoms with van der Waals surface area (Å²) in [4.78, 5) is 41.7. The number of rotatable bonds is 9. The van der Waals surface area contributed by atoms with Crippen molar-refractivity contribution in [2.24, 2.45) is 5.92 Å². The fourth-order valence-electron chi connectivity index (χ4n) is 4.56. The molecule has 3 aromatic carbocycles. The van der Waals surface area contributed by atoms with Gasteiger partial charge in [0.05, 0.1) is 6.54 Å². The van der Waals surface area contributed by atoms with E-state index >= 15 is 0 Å². The number of nitrogens with zero attached hydrogens (tertiary/aromatic N) is 2. The molecule has 7 nitrogen and oxygen atoms in total. The van der Waals surface area contributed by atoms with Gasteiger partial charge in [-0.3, -0.25) is 14.5 Å². The fraction of sp³-hybridized carbons (Fsp3) is 0.276. The lowest BCUT2D eigenvalue weighted by Gasteiger charge is -2.26. The Kier molecular flexibility index (Phi) is 6.46. The van der Waals surface area contributed by atoms with Gasteiger partial charge < -0.3 is 15.0 Å². The van der Waals surface area contributed by atoms with Gasteiger partial charge >= 0.3 is 6.03 Å². The molecule has 1 aliphatic heterocycles. The van der Waals surface area contributed by atoms with Crippen molar-refractivity contribution in [3.63, 3.8) is 0 Å². The Morgan fingerprint density at radius 1 is 0.944 bits per heavy atom. The summed E-state index contributed by atoms with van der Waals surface area (Å²) in [5.74, 6) is 0.228. The number of anilines is 1. The lowest BCUT2D eigenvalue weighted by molar-refractivity contribution is -0.134. The van der Waals surface area contributed by atoms with Crippen LogP contribution in [0.25, 0.3) is 0 Å². The van der Waals surface area contributed by atoms with Gasteiger partial charge in [0.25, 0.3) is 5.91 Å². The molecular weight excluding hydrogens is 454 g/mol. The highest BCUT2D eigenvalue weighted by atomic mass is 16.5. The summed E-state index contributed by atoms with van der Waals surface area (Å²) in [6.07, 6.45) is 1.82. The van der Waals surface area contributed by atoms with Crippen molar-refractivity contribution in [1.82, 2.24) is 10.2 Å². The van der Waals surface area contributed by atoms with Crippen LogP contribution in [0.2, 0.25) is 0 Å². The molecule has 36 heavy (non-hydrogen) atoms. The summed E-state index contributed by atoms with van der Waals surface area (Å²) in [5, 5.41) is 2.81. The average molecular weight is 484 g/mol. The van der Waals surface area contributed by atoms with Crippen LogP contribution in [-0.4, -0.2) is 34.8 Å². The predicted molar refractivity (Wildman–Crippen MR) is 136 cm³/mol. The maximum absolute atomic E-state index is 13.4. The molecule has 184 valence electrons. The number of imide groups is 1. The van der Waals surface area contributed by atoms with E-state index in [2.05, 4.69) is 5.32 Å². The molecule has 4 amide bonds. The van der Waals surface area contributed by atoms with Crippen LogP contribution in [0.4, 0.5) is 10.5 Å². The molecule has 1 heterocycles. The summed E-state index contributed by atoms with van der Waals surface area (Å²) >= 11 is 0. The van der Waals surface area contributed by atoms with E-state index in [0.29, 0.717) is 18.8 Å². The number of hydrogen-bond acceptors (Lipinski definition) is 4. The van der Waals surface area contributed by atoms with Crippen molar-refractivity contribution in [1.29, 1.82) is 0 Å². The number of carbonyl (C=O) groups excluding carboxylic acids is 3. The molecule has 1 saturated carbocycles. The van der Waals surface area contributed by atoms with Crippen LogP contribution in [0.3, 0.4) is 0 Å². The number of nitrogens with one attached hydrogen (secondary N) is 1. The molecule has 3 aromatic rings. The van der Waals surface area contributed by atoms with Crippen LogP contribution in [-0.2, 0) is 22.7 Å². The molecule has 1 unspecified atom stereocenters. The quantitative estimate of drug-likeness (QED) is 0.454. The molecule has 2 aliphatic rings. The third kappa shape index (κ3) is 4.96. The summed E-state index contributed by atoms with van der Waals surface area (Å²) in [6.45, 7) is 2.22. The monoisotopic (exact) mass is 483 g/mol. The molecule has 1 saturated heterocycles. The van der Waals surface area contributed by atoms with Gasteiger partial charge in [-0.2, -0.15) is 0 Å². The van der Waals surface area contributed by atoms with Crippen molar-refractivity contribution in [2.75, 3.05) is 11.4 Å². The number of ether oxygens (including phenoxy) is 1. The van der Waals surface area contributed by atoms with E-state index in [0.717, 1.165) is 34.6 Å². The lowest BCUT2D eigenvalue weighted by atomic mass is 9.96. The summed E-state index contributed by atoms with van der Waals surface area (Å²) in [7, 11) is 0. The number of urea groups is 1. The highest BCUT2D eigenvalue weighted by molar-refractivity contribution is 6.10.